The number of aromatic nitrogens is 1. The molecule has 0 saturated heterocycles. The van der Waals surface area contributed by atoms with Gasteiger partial charge in [0.1, 0.15) is 10.7 Å². The number of carbonyl (C=O) groups is 1. The molecule has 4 rings (SSSR count). The van der Waals surface area contributed by atoms with Gasteiger partial charge in [0.05, 0.1) is 0 Å². The summed E-state index contributed by atoms with van der Waals surface area (Å²) in [5, 5.41) is 2.84. The molecular weight excluding hydrogens is 416 g/mol. The molecule has 0 bridgehead atoms. The van der Waals surface area contributed by atoms with E-state index in [4.69, 9.17) is 4.42 Å². The summed E-state index contributed by atoms with van der Waals surface area (Å²) in [5.41, 5.74) is 1.67. The highest BCUT2D eigenvalue weighted by atomic mass is 32.2. The molecular formula is C22H22N4O4S. The van der Waals surface area contributed by atoms with Crippen molar-refractivity contribution in [3.05, 3.63) is 77.5 Å². The highest BCUT2D eigenvalue weighted by molar-refractivity contribution is 7.90. The van der Waals surface area contributed by atoms with Gasteiger partial charge in [0.15, 0.2) is 17.4 Å². The van der Waals surface area contributed by atoms with Gasteiger partial charge in [-0.1, -0.05) is 30.3 Å². The number of fused-ring (bicyclic) bond motifs is 1. The van der Waals surface area contributed by atoms with Crippen molar-refractivity contribution in [2.24, 2.45) is 4.40 Å². The molecule has 9 heteroatoms. The number of anilines is 1. The fourth-order valence-corrected chi connectivity index (χ4v) is 4.72. The van der Waals surface area contributed by atoms with Crippen LogP contribution in [0.15, 0.2) is 68.3 Å². The van der Waals surface area contributed by atoms with E-state index in [9.17, 15) is 13.2 Å². The van der Waals surface area contributed by atoms with Crippen LogP contribution in [0.3, 0.4) is 0 Å². The molecule has 1 aliphatic heterocycles. The van der Waals surface area contributed by atoms with E-state index in [-0.39, 0.29) is 16.5 Å². The van der Waals surface area contributed by atoms with Crippen LogP contribution in [0.1, 0.15) is 34.1 Å². The van der Waals surface area contributed by atoms with Gasteiger partial charge < -0.3 is 14.6 Å². The summed E-state index contributed by atoms with van der Waals surface area (Å²) in [6.07, 6.45) is 0.567. The second kappa shape index (κ2) is 8.35. The Morgan fingerprint density at radius 1 is 1.06 bits per heavy atom. The predicted octanol–water partition coefficient (Wildman–Crippen LogP) is 3.07. The van der Waals surface area contributed by atoms with Crippen LogP contribution in [0.25, 0.3) is 0 Å². The van der Waals surface area contributed by atoms with E-state index in [1.807, 2.05) is 35.2 Å². The van der Waals surface area contributed by atoms with Crippen LogP contribution in [-0.4, -0.2) is 38.2 Å². The molecule has 160 valence electrons. The van der Waals surface area contributed by atoms with Crippen molar-refractivity contribution >= 4 is 27.5 Å². The van der Waals surface area contributed by atoms with E-state index in [2.05, 4.69) is 14.7 Å². The molecule has 8 nitrogen and oxygen atoms in total. The van der Waals surface area contributed by atoms with Crippen LogP contribution in [0.5, 0.6) is 0 Å². The van der Waals surface area contributed by atoms with Gasteiger partial charge in [-0.25, -0.2) is 4.98 Å². The van der Waals surface area contributed by atoms with Crippen LogP contribution in [0.2, 0.25) is 0 Å². The SMILES string of the molecule is Cc1nc(C(=O)NCCCN(C2=NS(=O)(=O)c3ccccc32)c2ccccc2)c(C)o1. The van der Waals surface area contributed by atoms with E-state index in [0.29, 0.717) is 42.6 Å². The first-order valence-electron chi connectivity index (χ1n) is 9.86. The summed E-state index contributed by atoms with van der Waals surface area (Å²) in [4.78, 5) is 18.5. The number of para-hydroxylation sites is 1. The van der Waals surface area contributed by atoms with Crippen LogP contribution in [0, 0.1) is 13.8 Å². The highest BCUT2D eigenvalue weighted by Crippen LogP contribution is 2.29. The fraction of sp³-hybridized carbons (Fsp3) is 0.227. The van der Waals surface area contributed by atoms with Gasteiger partial charge in [-0.05, 0) is 37.6 Å². The summed E-state index contributed by atoms with van der Waals surface area (Å²) in [6.45, 7) is 4.23. The van der Waals surface area contributed by atoms with E-state index in [1.165, 1.54) is 0 Å². The van der Waals surface area contributed by atoms with Crippen molar-refractivity contribution in [3.8, 4) is 0 Å². The van der Waals surface area contributed by atoms with Crippen LogP contribution >= 0.6 is 0 Å². The molecule has 3 aromatic rings. The monoisotopic (exact) mass is 438 g/mol. The number of amidine groups is 1. The first-order valence-corrected chi connectivity index (χ1v) is 11.3. The molecule has 0 spiro atoms. The minimum atomic E-state index is -3.73. The topological polar surface area (TPSA) is 105 Å². The third kappa shape index (κ3) is 4.22. The minimum Gasteiger partial charge on any atom is -0.445 e. The molecule has 0 aliphatic carbocycles. The van der Waals surface area contributed by atoms with Crippen molar-refractivity contribution in [2.45, 2.75) is 25.2 Å². The summed E-state index contributed by atoms with van der Waals surface area (Å²) >= 11 is 0. The molecule has 0 radical (unpaired) electrons. The lowest BCUT2D eigenvalue weighted by atomic mass is 10.1. The number of hydrogen-bond donors (Lipinski definition) is 1. The number of rotatable bonds is 6. The number of nitrogens with one attached hydrogen (secondary N) is 1. The van der Waals surface area contributed by atoms with Crippen LogP contribution < -0.4 is 10.2 Å². The maximum atomic E-state index is 12.5. The second-order valence-corrected chi connectivity index (χ2v) is 8.69. The molecule has 0 unspecified atom stereocenters. The fourth-order valence-electron chi connectivity index (χ4n) is 3.51. The predicted molar refractivity (Wildman–Crippen MR) is 117 cm³/mol. The number of amides is 1. The lowest BCUT2D eigenvalue weighted by Gasteiger charge is -2.24. The number of hydrogen-bond acceptors (Lipinski definition) is 6. The second-order valence-electron chi connectivity index (χ2n) is 7.12. The zero-order chi connectivity index (χ0) is 22.0. The molecule has 0 atom stereocenters. The van der Waals surface area contributed by atoms with Gasteiger partial charge in [0.25, 0.3) is 15.9 Å². The number of nitrogens with zero attached hydrogens (tertiary/aromatic N) is 3. The summed E-state index contributed by atoms with van der Waals surface area (Å²) < 4.78 is 34.4. The Kier molecular flexibility index (Phi) is 5.60. The number of benzene rings is 2. The smallest absolute Gasteiger partial charge is 0.285 e. The maximum Gasteiger partial charge on any atom is 0.285 e. The Morgan fingerprint density at radius 2 is 1.77 bits per heavy atom. The Labute approximate surface area is 180 Å². The van der Waals surface area contributed by atoms with Gasteiger partial charge in [-0.15, -0.1) is 4.40 Å². The third-order valence-electron chi connectivity index (χ3n) is 4.90. The van der Waals surface area contributed by atoms with Crippen molar-refractivity contribution in [2.75, 3.05) is 18.0 Å². The standard InChI is InChI=1S/C22H22N4O4S/c1-15-20(24-16(2)30-15)22(27)23-13-8-14-26(17-9-4-3-5-10-17)21-18-11-6-7-12-19(18)31(28,29)25-21/h3-7,9-12H,8,13-14H2,1-2H3,(H,23,27). The summed E-state index contributed by atoms with van der Waals surface area (Å²) in [6, 6.07) is 16.3. The zero-order valence-corrected chi connectivity index (χ0v) is 18.0. The average Bonchev–Trinajstić information content (AvgIpc) is 3.24. The highest BCUT2D eigenvalue weighted by Gasteiger charge is 2.32. The molecule has 1 aliphatic rings. The minimum absolute atomic E-state index is 0.205. The molecule has 31 heavy (non-hydrogen) atoms. The molecule has 0 saturated carbocycles. The lowest BCUT2D eigenvalue weighted by Crippen LogP contribution is -2.34. The van der Waals surface area contributed by atoms with E-state index in [0.717, 1.165) is 5.69 Å². The Balaban J connectivity index is 1.52. The number of aryl methyl sites for hydroxylation is 2. The largest absolute Gasteiger partial charge is 0.445 e. The van der Waals surface area contributed by atoms with E-state index < -0.39 is 10.0 Å². The first-order chi connectivity index (χ1) is 14.9. The van der Waals surface area contributed by atoms with Crippen LogP contribution in [-0.2, 0) is 10.0 Å². The van der Waals surface area contributed by atoms with Gasteiger partial charge in [0, 0.05) is 31.3 Å². The number of oxazole rings is 1. The van der Waals surface area contributed by atoms with Crippen molar-refractivity contribution in [1.82, 2.24) is 10.3 Å². The van der Waals surface area contributed by atoms with Crippen molar-refractivity contribution in [1.29, 1.82) is 0 Å². The first kappa shape index (κ1) is 20.8. The molecule has 2 aromatic carbocycles. The molecule has 1 N–H and O–H groups in total. The molecule has 2 heterocycles. The van der Waals surface area contributed by atoms with E-state index in [1.54, 1.807) is 38.1 Å². The third-order valence-corrected chi connectivity index (χ3v) is 6.22. The summed E-state index contributed by atoms with van der Waals surface area (Å²) in [5.74, 6) is 1.00. The van der Waals surface area contributed by atoms with Crippen molar-refractivity contribution < 1.29 is 17.6 Å². The van der Waals surface area contributed by atoms with Gasteiger partial charge in [-0.2, -0.15) is 8.42 Å². The van der Waals surface area contributed by atoms with Crippen molar-refractivity contribution in [3.63, 3.8) is 0 Å². The quantitative estimate of drug-likeness (QED) is 0.593. The average molecular weight is 439 g/mol. The maximum absolute atomic E-state index is 12.5. The normalized spacial score (nSPS) is 14.1. The molecule has 1 aromatic heterocycles. The number of sulfonamides is 1. The number of carbonyl (C=O) groups excluding carboxylic acids is 1. The Hall–Kier alpha value is -3.46. The lowest BCUT2D eigenvalue weighted by molar-refractivity contribution is 0.0947. The zero-order valence-electron chi connectivity index (χ0n) is 17.2. The van der Waals surface area contributed by atoms with Gasteiger partial charge in [0.2, 0.25) is 0 Å². The van der Waals surface area contributed by atoms with Gasteiger partial charge >= 0.3 is 0 Å². The Morgan fingerprint density at radius 3 is 2.48 bits per heavy atom. The molecule has 0 fully saturated rings. The molecule has 1 amide bonds. The van der Waals surface area contributed by atoms with Gasteiger partial charge in [-0.3, -0.25) is 4.79 Å². The summed E-state index contributed by atoms with van der Waals surface area (Å²) in [7, 11) is -3.73. The Bertz CT molecular complexity index is 1250. The van der Waals surface area contributed by atoms with E-state index >= 15 is 0 Å². The van der Waals surface area contributed by atoms with Crippen LogP contribution in [0.4, 0.5) is 5.69 Å².